The molecule has 3 rings (SSSR count). The van der Waals surface area contributed by atoms with Crippen molar-refractivity contribution in [3.05, 3.63) is 42.5 Å². The number of rotatable bonds is 2. The van der Waals surface area contributed by atoms with Gasteiger partial charge in [0, 0.05) is 25.0 Å². The number of benzene rings is 2. The summed E-state index contributed by atoms with van der Waals surface area (Å²) in [5, 5.41) is 2.32. The first kappa shape index (κ1) is 13.0. The largest absolute Gasteiger partial charge is 0.324 e. The number of urea groups is 1. The molecule has 3 nitrogen and oxygen atoms in total. The van der Waals surface area contributed by atoms with Gasteiger partial charge in [-0.05, 0) is 31.2 Å². The molecule has 0 N–H and O–H groups in total. The zero-order valence-electron chi connectivity index (χ0n) is 11.9. The van der Waals surface area contributed by atoms with Crippen LogP contribution in [0.2, 0.25) is 0 Å². The van der Waals surface area contributed by atoms with Crippen LogP contribution in [-0.4, -0.2) is 30.6 Å². The minimum Gasteiger partial charge on any atom is -0.324 e. The van der Waals surface area contributed by atoms with Crippen LogP contribution < -0.4 is 4.90 Å². The van der Waals surface area contributed by atoms with Crippen LogP contribution in [0.3, 0.4) is 0 Å². The average Bonchev–Trinajstić information content (AvgIpc) is 3.02. The second kappa shape index (κ2) is 5.53. The molecule has 2 amide bonds. The molecule has 1 fully saturated rings. The van der Waals surface area contributed by atoms with Gasteiger partial charge in [-0.1, -0.05) is 36.4 Å². The lowest BCUT2D eigenvalue weighted by Gasteiger charge is -2.28. The number of hydrogen-bond acceptors (Lipinski definition) is 1. The van der Waals surface area contributed by atoms with E-state index in [0.29, 0.717) is 6.54 Å². The highest BCUT2D eigenvalue weighted by molar-refractivity contribution is 6.03. The quantitative estimate of drug-likeness (QED) is 0.810. The molecule has 3 heteroatoms. The first-order valence-electron chi connectivity index (χ1n) is 7.35. The van der Waals surface area contributed by atoms with Gasteiger partial charge in [-0.3, -0.25) is 4.90 Å². The fourth-order valence-electron chi connectivity index (χ4n) is 2.93. The standard InChI is InChI=1S/C17H20N2O/c1-2-19(17(20)18-12-5-6-13-18)16-11-7-9-14-8-3-4-10-15(14)16/h3-4,7-11H,2,5-6,12-13H2,1H3. The van der Waals surface area contributed by atoms with Crippen molar-refractivity contribution in [3.63, 3.8) is 0 Å². The Balaban J connectivity index is 2.00. The van der Waals surface area contributed by atoms with E-state index in [-0.39, 0.29) is 6.03 Å². The molecular formula is C17H20N2O. The third kappa shape index (κ3) is 2.24. The van der Waals surface area contributed by atoms with Gasteiger partial charge in [-0.2, -0.15) is 0 Å². The molecule has 1 heterocycles. The molecule has 1 saturated heterocycles. The Kier molecular flexibility index (Phi) is 3.59. The Bertz CT molecular complexity index is 612. The first-order chi connectivity index (χ1) is 9.81. The van der Waals surface area contributed by atoms with Crippen LogP contribution in [0.15, 0.2) is 42.5 Å². The van der Waals surface area contributed by atoms with Crippen LogP contribution >= 0.6 is 0 Å². The Morgan fingerprint density at radius 3 is 2.55 bits per heavy atom. The molecule has 1 aliphatic heterocycles. The van der Waals surface area contributed by atoms with Crippen LogP contribution in [0.5, 0.6) is 0 Å². The van der Waals surface area contributed by atoms with Crippen molar-refractivity contribution < 1.29 is 4.79 Å². The van der Waals surface area contributed by atoms with E-state index in [2.05, 4.69) is 18.2 Å². The van der Waals surface area contributed by atoms with Crippen molar-refractivity contribution in [2.24, 2.45) is 0 Å². The predicted molar refractivity (Wildman–Crippen MR) is 83.2 cm³/mol. The van der Waals surface area contributed by atoms with Gasteiger partial charge in [0.2, 0.25) is 0 Å². The topological polar surface area (TPSA) is 23.6 Å². The van der Waals surface area contributed by atoms with Gasteiger partial charge < -0.3 is 4.90 Å². The third-order valence-electron chi connectivity index (χ3n) is 3.98. The summed E-state index contributed by atoms with van der Waals surface area (Å²) in [5.74, 6) is 0. The molecule has 0 atom stereocenters. The number of anilines is 1. The Hall–Kier alpha value is -2.03. The number of fused-ring (bicyclic) bond motifs is 1. The highest BCUT2D eigenvalue weighted by Gasteiger charge is 2.24. The number of amides is 2. The van der Waals surface area contributed by atoms with E-state index >= 15 is 0 Å². The smallest absolute Gasteiger partial charge is 0.324 e. The highest BCUT2D eigenvalue weighted by atomic mass is 16.2. The summed E-state index contributed by atoms with van der Waals surface area (Å²) in [6.45, 7) is 4.51. The molecule has 1 aliphatic rings. The highest BCUT2D eigenvalue weighted by Crippen LogP contribution is 2.28. The van der Waals surface area contributed by atoms with Crippen LogP contribution in [0, 0.1) is 0 Å². The molecule has 0 unspecified atom stereocenters. The number of likely N-dealkylation sites (tertiary alicyclic amines) is 1. The maximum atomic E-state index is 12.7. The summed E-state index contributed by atoms with van der Waals surface area (Å²) in [7, 11) is 0. The summed E-state index contributed by atoms with van der Waals surface area (Å²) < 4.78 is 0. The molecule has 0 spiro atoms. The van der Waals surface area contributed by atoms with Crippen LogP contribution in [0.25, 0.3) is 10.8 Å². The van der Waals surface area contributed by atoms with Gasteiger partial charge in [-0.25, -0.2) is 4.79 Å². The first-order valence-corrected chi connectivity index (χ1v) is 7.35. The Morgan fingerprint density at radius 2 is 1.80 bits per heavy atom. The van der Waals surface area contributed by atoms with E-state index in [9.17, 15) is 4.79 Å². The van der Waals surface area contributed by atoms with Gasteiger partial charge in [0.05, 0.1) is 5.69 Å². The summed E-state index contributed by atoms with van der Waals surface area (Å²) in [4.78, 5) is 16.5. The summed E-state index contributed by atoms with van der Waals surface area (Å²) in [6, 6.07) is 14.5. The molecular weight excluding hydrogens is 248 g/mol. The van der Waals surface area contributed by atoms with Crippen molar-refractivity contribution in [1.29, 1.82) is 0 Å². The summed E-state index contributed by atoms with van der Waals surface area (Å²) >= 11 is 0. The second-order valence-electron chi connectivity index (χ2n) is 5.22. The lowest BCUT2D eigenvalue weighted by Crippen LogP contribution is -2.41. The summed E-state index contributed by atoms with van der Waals surface area (Å²) in [6.07, 6.45) is 2.25. The van der Waals surface area contributed by atoms with Crippen molar-refractivity contribution in [2.75, 3.05) is 24.5 Å². The minimum absolute atomic E-state index is 0.140. The zero-order chi connectivity index (χ0) is 13.9. The molecule has 0 radical (unpaired) electrons. The molecule has 104 valence electrons. The molecule has 20 heavy (non-hydrogen) atoms. The van der Waals surface area contributed by atoms with Crippen molar-refractivity contribution >= 4 is 22.5 Å². The second-order valence-corrected chi connectivity index (χ2v) is 5.22. The van der Waals surface area contributed by atoms with Gasteiger partial charge in [0.1, 0.15) is 0 Å². The molecule has 0 bridgehead atoms. The molecule has 0 aliphatic carbocycles. The average molecular weight is 268 g/mol. The number of carbonyl (C=O) groups excluding carboxylic acids is 1. The van der Waals surface area contributed by atoms with E-state index in [1.807, 2.05) is 41.0 Å². The number of carbonyl (C=O) groups is 1. The van der Waals surface area contributed by atoms with Crippen molar-refractivity contribution in [1.82, 2.24) is 4.90 Å². The molecule has 0 aromatic heterocycles. The van der Waals surface area contributed by atoms with E-state index in [1.165, 1.54) is 5.39 Å². The molecule has 2 aromatic rings. The minimum atomic E-state index is 0.140. The fraction of sp³-hybridized carbons (Fsp3) is 0.353. The van der Waals surface area contributed by atoms with E-state index in [0.717, 1.165) is 37.0 Å². The number of nitrogens with zero attached hydrogens (tertiary/aromatic N) is 2. The summed E-state index contributed by atoms with van der Waals surface area (Å²) in [5.41, 5.74) is 1.02. The maximum absolute atomic E-state index is 12.7. The van der Waals surface area contributed by atoms with Crippen molar-refractivity contribution in [2.45, 2.75) is 19.8 Å². The van der Waals surface area contributed by atoms with E-state index < -0.39 is 0 Å². The zero-order valence-corrected chi connectivity index (χ0v) is 11.9. The third-order valence-corrected chi connectivity index (χ3v) is 3.98. The predicted octanol–water partition coefficient (Wildman–Crippen LogP) is 3.88. The molecule has 2 aromatic carbocycles. The van der Waals surface area contributed by atoms with Crippen LogP contribution in [0.1, 0.15) is 19.8 Å². The van der Waals surface area contributed by atoms with Gasteiger partial charge in [0.25, 0.3) is 0 Å². The monoisotopic (exact) mass is 268 g/mol. The van der Waals surface area contributed by atoms with Gasteiger partial charge in [0.15, 0.2) is 0 Å². The van der Waals surface area contributed by atoms with Crippen LogP contribution in [-0.2, 0) is 0 Å². The maximum Gasteiger partial charge on any atom is 0.324 e. The van der Waals surface area contributed by atoms with E-state index in [4.69, 9.17) is 0 Å². The van der Waals surface area contributed by atoms with E-state index in [1.54, 1.807) is 0 Å². The van der Waals surface area contributed by atoms with Gasteiger partial charge in [-0.15, -0.1) is 0 Å². The lowest BCUT2D eigenvalue weighted by atomic mass is 10.1. The van der Waals surface area contributed by atoms with Crippen LogP contribution in [0.4, 0.5) is 10.5 Å². The number of hydrogen-bond donors (Lipinski definition) is 0. The van der Waals surface area contributed by atoms with Gasteiger partial charge >= 0.3 is 6.03 Å². The Morgan fingerprint density at radius 1 is 1.10 bits per heavy atom. The SMILES string of the molecule is CCN(C(=O)N1CCCC1)c1cccc2ccccc12. The molecule has 0 saturated carbocycles. The fourth-order valence-corrected chi connectivity index (χ4v) is 2.93. The van der Waals surface area contributed by atoms with Crippen molar-refractivity contribution in [3.8, 4) is 0 Å². The lowest BCUT2D eigenvalue weighted by molar-refractivity contribution is 0.216. The normalized spacial score (nSPS) is 14.8. The Labute approximate surface area is 119 Å².